The van der Waals surface area contributed by atoms with E-state index in [9.17, 15) is 45.6 Å². The van der Waals surface area contributed by atoms with Crippen LogP contribution in [0.2, 0.25) is 0 Å². The van der Waals surface area contributed by atoms with Crippen LogP contribution < -0.4 is 5.32 Å². The number of rotatable bonds is 46. The molecule has 0 aromatic rings. The molecule has 2 fully saturated rings. The molecule has 14 nitrogen and oxygen atoms in total. The average Bonchev–Trinajstić information content (AvgIpc) is 3.44. The van der Waals surface area contributed by atoms with Crippen LogP contribution in [0.1, 0.15) is 194 Å². The number of carbonyl (C=O) groups is 1. The summed E-state index contributed by atoms with van der Waals surface area (Å²) < 4.78 is 22.7. The van der Waals surface area contributed by atoms with Gasteiger partial charge in [-0.3, -0.25) is 4.79 Å². The zero-order valence-corrected chi connectivity index (χ0v) is 47.9. The fourth-order valence-corrected chi connectivity index (χ4v) is 9.11. The summed E-state index contributed by atoms with van der Waals surface area (Å²) >= 11 is 0. The van der Waals surface area contributed by atoms with Gasteiger partial charge in [0.05, 0.1) is 32.0 Å². The number of carbonyl (C=O) groups excluding carboxylic acids is 1. The Morgan fingerprint density at radius 2 is 0.897 bits per heavy atom. The summed E-state index contributed by atoms with van der Waals surface area (Å²) in [5.41, 5.74) is 0. The van der Waals surface area contributed by atoms with Gasteiger partial charge in [-0.15, -0.1) is 0 Å². The van der Waals surface area contributed by atoms with Crippen LogP contribution in [0.25, 0.3) is 0 Å². The fraction of sp³-hybridized carbons (Fsp3) is 0.703. The zero-order valence-electron chi connectivity index (χ0n) is 47.9. The minimum atomic E-state index is -1.80. The topological polar surface area (TPSA) is 228 Å². The van der Waals surface area contributed by atoms with Crippen LogP contribution >= 0.6 is 0 Å². The van der Waals surface area contributed by atoms with E-state index in [-0.39, 0.29) is 18.9 Å². The molecule has 2 aliphatic heterocycles. The van der Waals surface area contributed by atoms with Gasteiger partial charge >= 0.3 is 0 Å². The van der Waals surface area contributed by atoms with E-state index in [2.05, 4.69) is 116 Å². The van der Waals surface area contributed by atoms with Crippen molar-refractivity contribution in [2.24, 2.45) is 0 Å². The maximum atomic E-state index is 13.3. The molecule has 0 bridgehead atoms. The first-order valence-electron chi connectivity index (χ1n) is 30.1. The molecule has 446 valence electrons. The molecular formula is C64H107NO13. The van der Waals surface area contributed by atoms with Gasteiger partial charge in [-0.25, -0.2) is 0 Å². The van der Waals surface area contributed by atoms with Gasteiger partial charge in [-0.05, 0) is 89.9 Å². The third-order valence-electron chi connectivity index (χ3n) is 13.9. The van der Waals surface area contributed by atoms with E-state index in [1.165, 1.54) is 70.6 Å². The monoisotopic (exact) mass is 1100 g/mol. The van der Waals surface area contributed by atoms with Crippen molar-refractivity contribution in [2.75, 3.05) is 19.8 Å². The zero-order chi connectivity index (χ0) is 56.7. The number of nitrogens with one attached hydrogen (secondary N) is 1. The largest absolute Gasteiger partial charge is 0.394 e. The Kier molecular flexibility index (Phi) is 43.9. The van der Waals surface area contributed by atoms with Gasteiger partial charge < -0.3 is 65.1 Å². The summed E-state index contributed by atoms with van der Waals surface area (Å²) in [5, 5.41) is 87.1. The van der Waals surface area contributed by atoms with Crippen molar-refractivity contribution in [3.63, 3.8) is 0 Å². The molecule has 2 heterocycles. The summed E-state index contributed by atoms with van der Waals surface area (Å²) in [4.78, 5) is 13.3. The number of amides is 1. The van der Waals surface area contributed by atoms with Crippen molar-refractivity contribution in [1.82, 2.24) is 5.32 Å². The highest BCUT2D eigenvalue weighted by Crippen LogP contribution is 2.30. The lowest BCUT2D eigenvalue weighted by molar-refractivity contribution is -0.359. The van der Waals surface area contributed by atoms with E-state index in [0.29, 0.717) is 12.8 Å². The number of hydrogen-bond donors (Lipinski definition) is 9. The highest BCUT2D eigenvalue weighted by Gasteiger charge is 2.51. The molecule has 0 radical (unpaired) electrons. The molecule has 2 rings (SSSR count). The smallest absolute Gasteiger partial charge is 0.220 e. The summed E-state index contributed by atoms with van der Waals surface area (Å²) in [6.07, 6.45) is 51.2. The summed E-state index contributed by atoms with van der Waals surface area (Å²) in [6, 6.07) is -0.950. The van der Waals surface area contributed by atoms with E-state index in [4.69, 9.17) is 18.9 Å². The number of unbranched alkanes of at least 4 members (excludes halogenated alkanes) is 17. The standard InChI is InChI=1S/C64H107NO13/c1-3-5-7-9-11-13-15-17-19-21-22-23-24-25-26-27-28-29-30-32-34-36-38-40-42-44-46-48-56(69)65-52(53(68)47-45-43-41-39-37-35-33-31-20-18-16-14-12-10-8-6-4-2)51-75-63-61(74)59(72)62(55(50-67)77-63)78-64-60(73)58(71)57(70)54(49-66)76-64/h5,7,11,13,17,19,22-23,25-26,28-29,32,34,37,39,45,47,52-55,57-64,66-68,70-74H,3-4,6,8-10,12,14-16,18,20-21,24,27,30-31,33,35-36,38,40-44,46,48-51H2,1-2H3,(H,65,69)/b7-5-,13-11-,19-17-,23-22-,26-25-,29-28-,34-32-,39-37+,47-45+. The molecule has 2 aliphatic rings. The van der Waals surface area contributed by atoms with Crippen molar-refractivity contribution < 1.29 is 64.6 Å². The molecule has 1 amide bonds. The Morgan fingerprint density at radius 3 is 1.41 bits per heavy atom. The lowest BCUT2D eigenvalue weighted by Gasteiger charge is -2.46. The van der Waals surface area contributed by atoms with Crippen LogP contribution in [-0.4, -0.2) is 140 Å². The Bertz CT molecular complexity index is 1720. The summed E-state index contributed by atoms with van der Waals surface area (Å²) in [5.74, 6) is -0.273. The average molecular weight is 1100 g/mol. The fourth-order valence-electron chi connectivity index (χ4n) is 9.11. The quantitative estimate of drug-likeness (QED) is 0.0204. The van der Waals surface area contributed by atoms with Crippen LogP contribution in [0.3, 0.4) is 0 Å². The SMILES string of the molecule is CC/C=C\C/C=C\C/C=C\C/C=C\C/C=C\C/C=C\C/C=C\CCCCCCCC(=O)NC(COC1OC(CO)C(OC2OC(CO)C(O)C(O)C2O)C(O)C1O)C(O)/C=C/CC/C=C/CCCCCCCCCCCCC. The second-order valence-electron chi connectivity index (χ2n) is 20.7. The van der Waals surface area contributed by atoms with Crippen molar-refractivity contribution in [1.29, 1.82) is 0 Å². The van der Waals surface area contributed by atoms with Crippen LogP contribution in [0.15, 0.2) is 109 Å². The molecule has 0 saturated carbocycles. The first kappa shape index (κ1) is 70.8. The Balaban J connectivity index is 1.78. The maximum Gasteiger partial charge on any atom is 0.220 e. The first-order chi connectivity index (χ1) is 38.1. The molecular weight excluding hydrogens is 991 g/mol. The number of aliphatic hydroxyl groups is 8. The minimum absolute atomic E-state index is 0.244. The van der Waals surface area contributed by atoms with Crippen molar-refractivity contribution in [2.45, 2.75) is 267 Å². The molecule has 0 spiro atoms. The molecule has 0 aromatic carbocycles. The molecule has 0 aromatic heterocycles. The normalized spacial score (nSPS) is 25.4. The predicted octanol–water partition coefficient (Wildman–Crippen LogP) is 10.4. The summed E-state index contributed by atoms with van der Waals surface area (Å²) in [6.45, 7) is 2.63. The van der Waals surface area contributed by atoms with Crippen LogP contribution in [0.4, 0.5) is 0 Å². The highest BCUT2D eigenvalue weighted by atomic mass is 16.7. The highest BCUT2D eigenvalue weighted by molar-refractivity contribution is 5.76. The van der Waals surface area contributed by atoms with Gasteiger partial charge in [0.25, 0.3) is 0 Å². The van der Waals surface area contributed by atoms with Crippen LogP contribution in [0.5, 0.6) is 0 Å². The van der Waals surface area contributed by atoms with E-state index >= 15 is 0 Å². The van der Waals surface area contributed by atoms with Gasteiger partial charge in [-0.2, -0.15) is 0 Å². The molecule has 9 N–H and O–H groups in total. The summed E-state index contributed by atoms with van der Waals surface area (Å²) in [7, 11) is 0. The third-order valence-corrected chi connectivity index (χ3v) is 13.9. The van der Waals surface area contributed by atoms with Crippen LogP contribution in [-0.2, 0) is 23.7 Å². The Labute approximate surface area is 470 Å². The number of aliphatic hydroxyl groups excluding tert-OH is 8. The molecule has 0 aliphatic carbocycles. The third kappa shape index (κ3) is 33.4. The van der Waals surface area contributed by atoms with Gasteiger partial charge in [0, 0.05) is 6.42 Å². The number of ether oxygens (including phenoxy) is 4. The predicted molar refractivity (Wildman–Crippen MR) is 313 cm³/mol. The van der Waals surface area contributed by atoms with E-state index < -0.39 is 86.8 Å². The first-order valence-corrected chi connectivity index (χ1v) is 30.1. The van der Waals surface area contributed by atoms with Crippen molar-refractivity contribution in [3.05, 3.63) is 109 Å². The van der Waals surface area contributed by atoms with Crippen molar-refractivity contribution >= 4 is 5.91 Å². The lowest BCUT2D eigenvalue weighted by atomic mass is 9.97. The second kappa shape index (κ2) is 48.4. The molecule has 78 heavy (non-hydrogen) atoms. The molecule has 14 heteroatoms. The van der Waals surface area contributed by atoms with E-state index in [1.54, 1.807) is 6.08 Å². The van der Waals surface area contributed by atoms with Crippen molar-refractivity contribution in [3.8, 4) is 0 Å². The number of allylic oxidation sites excluding steroid dienone is 17. The second-order valence-corrected chi connectivity index (χ2v) is 20.7. The maximum absolute atomic E-state index is 13.3. The Hall–Kier alpha value is -3.35. The Morgan fingerprint density at radius 1 is 0.474 bits per heavy atom. The van der Waals surface area contributed by atoms with Gasteiger partial charge in [0.1, 0.15) is 48.8 Å². The van der Waals surface area contributed by atoms with Gasteiger partial charge in [0.2, 0.25) is 5.91 Å². The molecule has 12 unspecified atom stereocenters. The van der Waals surface area contributed by atoms with Gasteiger partial charge in [-0.1, -0.05) is 207 Å². The van der Waals surface area contributed by atoms with E-state index in [0.717, 1.165) is 89.9 Å². The van der Waals surface area contributed by atoms with Gasteiger partial charge in [0.15, 0.2) is 12.6 Å². The van der Waals surface area contributed by atoms with Crippen LogP contribution in [0, 0.1) is 0 Å². The molecule has 2 saturated heterocycles. The number of hydrogen-bond acceptors (Lipinski definition) is 13. The minimum Gasteiger partial charge on any atom is -0.394 e. The van der Waals surface area contributed by atoms with E-state index in [1.807, 2.05) is 6.08 Å². The molecule has 12 atom stereocenters. The lowest BCUT2D eigenvalue weighted by Crippen LogP contribution is -2.65.